The molecule has 4 rings (SSSR count). The molecule has 21 heavy (non-hydrogen) atoms. The van der Waals surface area contributed by atoms with Gasteiger partial charge < -0.3 is 15.2 Å². The van der Waals surface area contributed by atoms with Crippen molar-refractivity contribution in [2.75, 3.05) is 17.2 Å². The van der Waals surface area contributed by atoms with Crippen molar-refractivity contribution in [1.29, 1.82) is 0 Å². The van der Waals surface area contributed by atoms with Gasteiger partial charge in [-0.3, -0.25) is 0 Å². The Balaban J connectivity index is 1.63. The first-order valence-corrected chi connectivity index (χ1v) is 7.85. The molecule has 2 aliphatic heterocycles. The number of anilines is 2. The summed E-state index contributed by atoms with van der Waals surface area (Å²) < 4.78 is 2.31. The van der Waals surface area contributed by atoms with Gasteiger partial charge in [0.15, 0.2) is 5.82 Å². The number of nitrogens with two attached hydrogens (primary N) is 1. The van der Waals surface area contributed by atoms with Crippen molar-refractivity contribution in [1.82, 2.24) is 14.8 Å². The smallest absolute Gasteiger partial charge is 0.152 e. The lowest BCUT2D eigenvalue weighted by molar-refractivity contribution is 0.503. The van der Waals surface area contributed by atoms with E-state index in [2.05, 4.69) is 31.8 Å². The molecule has 110 valence electrons. The van der Waals surface area contributed by atoms with Crippen molar-refractivity contribution >= 4 is 11.4 Å². The predicted molar refractivity (Wildman–Crippen MR) is 83.2 cm³/mol. The zero-order chi connectivity index (χ0) is 14.2. The van der Waals surface area contributed by atoms with E-state index in [0.717, 1.165) is 49.8 Å². The van der Waals surface area contributed by atoms with Gasteiger partial charge in [0.05, 0.1) is 6.54 Å². The maximum atomic E-state index is 5.91. The highest BCUT2D eigenvalue weighted by Gasteiger charge is 2.21. The topological polar surface area (TPSA) is 60.0 Å². The van der Waals surface area contributed by atoms with Crippen LogP contribution in [0.5, 0.6) is 0 Å². The zero-order valence-electron chi connectivity index (χ0n) is 12.3. The van der Waals surface area contributed by atoms with E-state index in [4.69, 9.17) is 5.73 Å². The molecule has 0 amide bonds. The average molecular weight is 283 g/mol. The fraction of sp³-hybridized carbons (Fsp3) is 0.500. The highest BCUT2D eigenvalue weighted by Crippen LogP contribution is 2.30. The second kappa shape index (κ2) is 5.06. The quantitative estimate of drug-likeness (QED) is 0.858. The summed E-state index contributed by atoms with van der Waals surface area (Å²) in [7, 11) is 0. The van der Waals surface area contributed by atoms with Gasteiger partial charge in [0.1, 0.15) is 5.82 Å². The van der Waals surface area contributed by atoms with Crippen LogP contribution in [0, 0.1) is 0 Å². The summed E-state index contributed by atoms with van der Waals surface area (Å²) in [4.78, 5) is 2.42. The average Bonchev–Trinajstić information content (AvgIpc) is 2.91. The number of nitrogens with zero attached hydrogens (tertiary/aromatic N) is 4. The molecule has 0 bridgehead atoms. The molecule has 5 nitrogen and oxygen atoms in total. The maximum Gasteiger partial charge on any atom is 0.152 e. The van der Waals surface area contributed by atoms with Crippen LogP contribution >= 0.6 is 0 Å². The summed E-state index contributed by atoms with van der Waals surface area (Å²) in [5.74, 6) is 2.26. The van der Waals surface area contributed by atoms with Crippen LogP contribution in [0.3, 0.4) is 0 Å². The minimum absolute atomic E-state index is 0.851. The first-order chi connectivity index (χ1) is 10.3. The summed E-state index contributed by atoms with van der Waals surface area (Å²) >= 11 is 0. The van der Waals surface area contributed by atoms with Crippen molar-refractivity contribution < 1.29 is 0 Å². The molecular weight excluding hydrogens is 262 g/mol. The number of aryl methyl sites for hydroxylation is 2. The molecule has 1 aromatic carbocycles. The van der Waals surface area contributed by atoms with Crippen LogP contribution in [0.4, 0.5) is 11.4 Å². The highest BCUT2D eigenvalue weighted by atomic mass is 15.3. The summed E-state index contributed by atoms with van der Waals surface area (Å²) in [6, 6.07) is 6.26. The van der Waals surface area contributed by atoms with Crippen LogP contribution in [0.25, 0.3) is 0 Å². The van der Waals surface area contributed by atoms with Crippen LogP contribution < -0.4 is 10.6 Å². The lowest BCUT2D eigenvalue weighted by atomic mass is 10.0. The van der Waals surface area contributed by atoms with Crippen molar-refractivity contribution in [3.63, 3.8) is 0 Å². The van der Waals surface area contributed by atoms with E-state index in [-0.39, 0.29) is 0 Å². The minimum Gasteiger partial charge on any atom is -0.399 e. The Bertz CT molecular complexity index is 661. The Morgan fingerprint density at radius 2 is 2.00 bits per heavy atom. The number of hydrogen-bond acceptors (Lipinski definition) is 4. The SMILES string of the molecule is Nc1ccc2c(c1)CCCN2Cc1nnc2n1CCCC2. The van der Waals surface area contributed by atoms with E-state index in [0.29, 0.717) is 0 Å². The molecule has 0 atom stereocenters. The van der Waals surface area contributed by atoms with E-state index in [1.165, 1.54) is 30.5 Å². The molecule has 2 aliphatic rings. The van der Waals surface area contributed by atoms with Gasteiger partial charge in [-0.05, 0) is 49.4 Å². The Morgan fingerprint density at radius 1 is 1.05 bits per heavy atom. The van der Waals surface area contributed by atoms with Gasteiger partial charge in [-0.2, -0.15) is 0 Å². The molecule has 0 radical (unpaired) electrons. The molecule has 0 fully saturated rings. The fourth-order valence-corrected chi connectivity index (χ4v) is 3.52. The Hall–Kier alpha value is -2.04. The molecule has 0 spiro atoms. The highest BCUT2D eigenvalue weighted by molar-refractivity contribution is 5.61. The number of aromatic nitrogens is 3. The Kier molecular flexibility index (Phi) is 3.05. The van der Waals surface area contributed by atoms with E-state index < -0.39 is 0 Å². The van der Waals surface area contributed by atoms with Gasteiger partial charge >= 0.3 is 0 Å². The molecule has 1 aromatic heterocycles. The summed E-state index contributed by atoms with van der Waals surface area (Å²) in [6.07, 6.45) is 5.85. The van der Waals surface area contributed by atoms with Gasteiger partial charge in [0.2, 0.25) is 0 Å². The Labute approximate surface area is 124 Å². The molecule has 0 saturated carbocycles. The van der Waals surface area contributed by atoms with E-state index in [1.54, 1.807) is 0 Å². The van der Waals surface area contributed by atoms with Gasteiger partial charge in [-0.1, -0.05) is 0 Å². The summed E-state index contributed by atoms with van der Waals surface area (Å²) in [5.41, 5.74) is 9.44. The largest absolute Gasteiger partial charge is 0.399 e. The van der Waals surface area contributed by atoms with Crippen LogP contribution in [0.2, 0.25) is 0 Å². The predicted octanol–water partition coefficient (Wildman–Crippen LogP) is 2.15. The number of rotatable bonds is 2. The van der Waals surface area contributed by atoms with Crippen molar-refractivity contribution in [3.8, 4) is 0 Å². The summed E-state index contributed by atoms with van der Waals surface area (Å²) in [6.45, 7) is 3.00. The van der Waals surface area contributed by atoms with E-state index in [9.17, 15) is 0 Å². The third kappa shape index (κ3) is 2.26. The summed E-state index contributed by atoms with van der Waals surface area (Å²) in [5, 5.41) is 8.79. The van der Waals surface area contributed by atoms with Crippen molar-refractivity contribution in [2.24, 2.45) is 0 Å². The standard InChI is InChI=1S/C16H21N5/c17-13-6-7-14-12(10-13)4-3-8-20(14)11-16-19-18-15-5-1-2-9-21(15)16/h6-7,10H,1-5,8-9,11,17H2. The zero-order valence-corrected chi connectivity index (χ0v) is 12.3. The van der Waals surface area contributed by atoms with Gasteiger partial charge in [0, 0.05) is 30.9 Å². The third-order valence-electron chi connectivity index (χ3n) is 4.59. The van der Waals surface area contributed by atoms with E-state index in [1.807, 2.05) is 6.07 Å². The first-order valence-electron chi connectivity index (χ1n) is 7.85. The van der Waals surface area contributed by atoms with Gasteiger partial charge in [-0.25, -0.2) is 0 Å². The molecule has 0 aliphatic carbocycles. The van der Waals surface area contributed by atoms with Crippen molar-refractivity contribution in [3.05, 3.63) is 35.4 Å². The van der Waals surface area contributed by atoms with Gasteiger partial charge in [0.25, 0.3) is 0 Å². The second-order valence-corrected chi connectivity index (χ2v) is 6.05. The fourth-order valence-electron chi connectivity index (χ4n) is 3.52. The lowest BCUT2D eigenvalue weighted by Gasteiger charge is -2.31. The first kappa shape index (κ1) is 12.7. The molecule has 2 N–H and O–H groups in total. The van der Waals surface area contributed by atoms with Crippen molar-refractivity contribution in [2.45, 2.75) is 45.2 Å². The Morgan fingerprint density at radius 3 is 2.95 bits per heavy atom. The third-order valence-corrected chi connectivity index (χ3v) is 4.59. The molecular formula is C16H21N5. The number of fused-ring (bicyclic) bond motifs is 2. The number of nitrogen functional groups attached to an aromatic ring is 1. The molecule has 0 saturated heterocycles. The maximum absolute atomic E-state index is 5.91. The molecule has 3 heterocycles. The van der Waals surface area contributed by atoms with Gasteiger partial charge in [-0.15, -0.1) is 10.2 Å². The van der Waals surface area contributed by atoms with Crippen LogP contribution in [0.15, 0.2) is 18.2 Å². The van der Waals surface area contributed by atoms with Crippen LogP contribution in [-0.4, -0.2) is 21.3 Å². The monoisotopic (exact) mass is 283 g/mol. The number of hydrogen-bond donors (Lipinski definition) is 1. The number of benzene rings is 1. The van der Waals surface area contributed by atoms with Crippen LogP contribution in [-0.2, 0) is 25.9 Å². The van der Waals surface area contributed by atoms with Crippen LogP contribution in [0.1, 0.15) is 36.5 Å². The molecule has 2 aromatic rings. The molecule has 0 unspecified atom stereocenters. The normalized spacial score (nSPS) is 17.4. The second-order valence-electron chi connectivity index (χ2n) is 6.05. The molecule has 5 heteroatoms. The minimum atomic E-state index is 0.851. The lowest BCUT2D eigenvalue weighted by Crippen LogP contribution is -2.30. The van der Waals surface area contributed by atoms with E-state index >= 15 is 0 Å².